The van der Waals surface area contributed by atoms with Crippen LogP contribution in [0.15, 0.2) is 24.3 Å². The predicted molar refractivity (Wildman–Crippen MR) is 84.4 cm³/mol. The van der Waals surface area contributed by atoms with Crippen LogP contribution < -0.4 is 5.73 Å². The highest BCUT2D eigenvalue weighted by Crippen LogP contribution is 2.48. The Labute approximate surface area is 127 Å². The van der Waals surface area contributed by atoms with Gasteiger partial charge in [0.05, 0.1) is 0 Å². The van der Waals surface area contributed by atoms with E-state index in [4.69, 9.17) is 5.73 Å². The molecule has 5 unspecified atom stereocenters. The van der Waals surface area contributed by atoms with Crippen LogP contribution in [-0.2, 0) is 0 Å². The molecule has 116 valence electrons. The molecule has 3 heteroatoms. The molecule has 0 radical (unpaired) electrons. The molecule has 0 aliphatic heterocycles. The third kappa shape index (κ3) is 3.14. The van der Waals surface area contributed by atoms with Crippen molar-refractivity contribution in [2.24, 2.45) is 23.5 Å². The lowest BCUT2D eigenvalue weighted by molar-refractivity contribution is 0.158. The summed E-state index contributed by atoms with van der Waals surface area (Å²) in [5.74, 6) is 2.52. The third-order valence-corrected chi connectivity index (χ3v) is 5.57. The molecule has 0 amide bonds. The lowest BCUT2D eigenvalue weighted by Crippen LogP contribution is -2.40. The van der Waals surface area contributed by atoms with Gasteiger partial charge >= 0.3 is 0 Å². The van der Waals surface area contributed by atoms with Gasteiger partial charge in [-0.1, -0.05) is 18.6 Å². The van der Waals surface area contributed by atoms with E-state index >= 15 is 0 Å². The zero-order valence-corrected chi connectivity index (χ0v) is 13.1. The monoisotopic (exact) mass is 290 g/mol. The van der Waals surface area contributed by atoms with Crippen LogP contribution in [0.25, 0.3) is 0 Å². The van der Waals surface area contributed by atoms with Gasteiger partial charge in [-0.3, -0.25) is 4.90 Å². The van der Waals surface area contributed by atoms with Gasteiger partial charge in [0.2, 0.25) is 0 Å². The molecule has 1 aromatic rings. The molecule has 2 fully saturated rings. The molecule has 0 heterocycles. The number of fused-ring (bicyclic) bond motifs is 2. The van der Waals surface area contributed by atoms with Crippen LogP contribution in [-0.4, -0.2) is 24.5 Å². The van der Waals surface area contributed by atoms with Gasteiger partial charge in [0, 0.05) is 18.6 Å². The molecule has 21 heavy (non-hydrogen) atoms. The van der Waals surface area contributed by atoms with Crippen molar-refractivity contribution in [2.75, 3.05) is 13.6 Å². The van der Waals surface area contributed by atoms with Gasteiger partial charge in [-0.25, -0.2) is 4.39 Å². The fraction of sp³-hybridized carbons (Fsp3) is 0.667. The molecule has 2 bridgehead atoms. The van der Waals surface area contributed by atoms with E-state index in [1.807, 2.05) is 13.0 Å². The van der Waals surface area contributed by atoms with Crippen LogP contribution in [0.2, 0.25) is 0 Å². The Kier molecular flexibility index (Phi) is 4.32. The maximum Gasteiger partial charge on any atom is 0.123 e. The van der Waals surface area contributed by atoms with Crippen molar-refractivity contribution in [2.45, 2.75) is 44.7 Å². The number of nitrogens with two attached hydrogens (primary N) is 1. The number of halogens is 1. The second-order valence-corrected chi connectivity index (χ2v) is 7.23. The average molecular weight is 290 g/mol. The SMILES string of the molecule is CC(N)C(c1cccc(F)c1)N(C)CC1CC2CCC1C2. The highest BCUT2D eigenvalue weighted by Gasteiger charge is 2.40. The molecular weight excluding hydrogens is 263 g/mol. The van der Waals surface area contributed by atoms with Crippen LogP contribution in [0.5, 0.6) is 0 Å². The Morgan fingerprint density at radius 1 is 1.33 bits per heavy atom. The fourth-order valence-corrected chi connectivity index (χ4v) is 4.73. The summed E-state index contributed by atoms with van der Waals surface area (Å²) in [4.78, 5) is 2.35. The summed E-state index contributed by atoms with van der Waals surface area (Å²) < 4.78 is 13.5. The Hall–Kier alpha value is -0.930. The molecule has 2 saturated carbocycles. The van der Waals surface area contributed by atoms with Crippen molar-refractivity contribution < 1.29 is 4.39 Å². The van der Waals surface area contributed by atoms with Crippen molar-refractivity contribution in [1.82, 2.24) is 4.90 Å². The smallest absolute Gasteiger partial charge is 0.123 e. The first kappa shape index (κ1) is 15.0. The van der Waals surface area contributed by atoms with Gasteiger partial charge < -0.3 is 5.73 Å². The number of nitrogens with zero attached hydrogens (tertiary/aromatic N) is 1. The predicted octanol–water partition coefficient (Wildman–Crippen LogP) is 3.58. The minimum absolute atomic E-state index is 0.00427. The van der Waals surface area contributed by atoms with Gasteiger partial charge in [-0.2, -0.15) is 0 Å². The molecule has 1 aromatic carbocycles. The van der Waals surface area contributed by atoms with Gasteiger partial charge in [0.15, 0.2) is 0 Å². The topological polar surface area (TPSA) is 29.3 Å². The zero-order chi connectivity index (χ0) is 15.0. The highest BCUT2D eigenvalue weighted by molar-refractivity contribution is 5.21. The third-order valence-electron chi connectivity index (χ3n) is 5.57. The van der Waals surface area contributed by atoms with E-state index in [1.165, 1.54) is 31.7 Å². The van der Waals surface area contributed by atoms with Crippen LogP contribution in [0.1, 0.15) is 44.2 Å². The molecule has 5 atom stereocenters. The largest absolute Gasteiger partial charge is 0.326 e. The van der Waals surface area contributed by atoms with Gasteiger partial charge in [0.25, 0.3) is 0 Å². The first-order chi connectivity index (χ1) is 10.0. The van der Waals surface area contributed by atoms with Crippen LogP contribution in [0, 0.1) is 23.6 Å². The summed E-state index contributed by atoms with van der Waals surface area (Å²) in [6.07, 6.45) is 5.66. The molecule has 0 spiro atoms. The van der Waals surface area contributed by atoms with Crippen molar-refractivity contribution in [3.05, 3.63) is 35.6 Å². The Bertz CT molecular complexity index is 488. The number of hydrogen-bond donors (Lipinski definition) is 1. The summed E-state index contributed by atoms with van der Waals surface area (Å²) in [5, 5.41) is 0. The minimum atomic E-state index is -0.175. The van der Waals surface area contributed by atoms with E-state index in [1.54, 1.807) is 12.1 Å². The second-order valence-electron chi connectivity index (χ2n) is 7.23. The summed E-state index contributed by atoms with van der Waals surface area (Å²) in [5.41, 5.74) is 7.20. The van der Waals surface area contributed by atoms with Gasteiger partial charge in [-0.05, 0) is 68.7 Å². The van der Waals surface area contributed by atoms with Gasteiger partial charge in [-0.15, -0.1) is 0 Å². The van der Waals surface area contributed by atoms with E-state index in [0.29, 0.717) is 0 Å². The maximum absolute atomic E-state index is 13.5. The average Bonchev–Trinajstić information content (AvgIpc) is 3.00. The van der Waals surface area contributed by atoms with Crippen LogP contribution >= 0.6 is 0 Å². The van der Waals surface area contributed by atoms with Gasteiger partial charge in [0.1, 0.15) is 5.82 Å². The molecule has 0 aromatic heterocycles. The van der Waals surface area contributed by atoms with E-state index in [0.717, 1.165) is 29.9 Å². The molecule has 2 aliphatic rings. The molecule has 3 rings (SSSR count). The number of rotatable bonds is 5. The normalized spacial score (nSPS) is 30.8. The lowest BCUT2D eigenvalue weighted by Gasteiger charge is -2.35. The number of likely N-dealkylation sites (N-methyl/N-ethyl adjacent to an activating group) is 1. The summed E-state index contributed by atoms with van der Waals surface area (Å²) in [7, 11) is 2.14. The first-order valence-electron chi connectivity index (χ1n) is 8.26. The molecule has 2 nitrogen and oxygen atoms in total. The molecular formula is C18H27FN2. The summed E-state index contributed by atoms with van der Waals surface area (Å²) in [6, 6.07) is 7.00. The molecule has 0 saturated heterocycles. The van der Waals surface area contributed by atoms with E-state index in [9.17, 15) is 4.39 Å². The Morgan fingerprint density at radius 2 is 2.14 bits per heavy atom. The van der Waals surface area contributed by atoms with E-state index in [2.05, 4.69) is 11.9 Å². The van der Waals surface area contributed by atoms with Crippen molar-refractivity contribution in [1.29, 1.82) is 0 Å². The van der Waals surface area contributed by atoms with E-state index < -0.39 is 0 Å². The van der Waals surface area contributed by atoms with Crippen molar-refractivity contribution in [3.8, 4) is 0 Å². The number of benzene rings is 1. The highest BCUT2D eigenvalue weighted by atomic mass is 19.1. The zero-order valence-electron chi connectivity index (χ0n) is 13.1. The first-order valence-corrected chi connectivity index (χ1v) is 8.26. The molecule has 2 aliphatic carbocycles. The van der Waals surface area contributed by atoms with Crippen LogP contribution in [0.4, 0.5) is 4.39 Å². The standard InChI is InChI=1S/C18H27FN2/c1-12(20)18(15-4-3-5-17(19)10-15)21(2)11-16-9-13-6-7-14(16)8-13/h3-5,10,12-14,16,18H,6-9,11,20H2,1-2H3. The summed E-state index contributed by atoms with van der Waals surface area (Å²) in [6.45, 7) is 3.11. The number of hydrogen-bond acceptors (Lipinski definition) is 2. The fourth-order valence-electron chi connectivity index (χ4n) is 4.73. The maximum atomic E-state index is 13.5. The van der Waals surface area contributed by atoms with E-state index in [-0.39, 0.29) is 17.9 Å². The van der Waals surface area contributed by atoms with Crippen LogP contribution in [0.3, 0.4) is 0 Å². The second kappa shape index (κ2) is 6.05. The Balaban J connectivity index is 1.71. The van der Waals surface area contributed by atoms with Crippen molar-refractivity contribution >= 4 is 0 Å². The van der Waals surface area contributed by atoms with Crippen molar-refractivity contribution in [3.63, 3.8) is 0 Å². The summed E-state index contributed by atoms with van der Waals surface area (Å²) >= 11 is 0. The quantitative estimate of drug-likeness (QED) is 0.898. The Morgan fingerprint density at radius 3 is 2.71 bits per heavy atom. The molecule has 2 N–H and O–H groups in total. The lowest BCUT2D eigenvalue weighted by atomic mass is 9.87. The minimum Gasteiger partial charge on any atom is -0.326 e.